The predicted molar refractivity (Wildman–Crippen MR) is 60.8 cm³/mol. The Morgan fingerprint density at radius 3 is 2.65 bits per heavy atom. The molecule has 0 saturated carbocycles. The van der Waals surface area contributed by atoms with Crippen molar-refractivity contribution in [2.75, 3.05) is 18.0 Å². The van der Waals surface area contributed by atoms with E-state index in [0.29, 0.717) is 12.3 Å². The largest absolute Gasteiger partial charge is 0.345 e. The molecule has 1 aromatic carbocycles. The fourth-order valence-corrected chi connectivity index (χ4v) is 1.66. The maximum Gasteiger partial charge on any atom is 0.246 e. The molecule has 0 aromatic heterocycles. The number of nitrogens with one attached hydrogen (secondary N) is 1. The molecule has 6 heteroatoms. The van der Waals surface area contributed by atoms with Crippen molar-refractivity contribution in [1.29, 1.82) is 0 Å². The molecule has 0 spiro atoms. The summed E-state index contributed by atoms with van der Waals surface area (Å²) in [6, 6.07) is 7.15. The second kappa shape index (κ2) is 4.94. The molecule has 0 radical (unpaired) electrons. The number of carbonyl (C=O) groups excluding carboxylic acids is 2. The molecule has 6 nitrogen and oxygen atoms in total. The molecule has 17 heavy (non-hydrogen) atoms. The van der Waals surface area contributed by atoms with Crippen molar-refractivity contribution >= 4 is 17.5 Å². The van der Waals surface area contributed by atoms with Gasteiger partial charge >= 0.3 is 0 Å². The molecule has 0 aliphatic carbocycles. The maximum atomic E-state index is 11.6. The summed E-state index contributed by atoms with van der Waals surface area (Å²) < 4.78 is 0. The van der Waals surface area contributed by atoms with Gasteiger partial charge < -0.3 is 10.2 Å². The minimum atomic E-state index is -0.154. The highest BCUT2D eigenvalue weighted by molar-refractivity contribution is 6.04. The van der Waals surface area contributed by atoms with Crippen molar-refractivity contribution in [3.05, 3.63) is 29.8 Å². The Balaban J connectivity index is 2.15. The summed E-state index contributed by atoms with van der Waals surface area (Å²) in [6.07, 6.45) is 0. The van der Waals surface area contributed by atoms with Crippen LogP contribution in [0.1, 0.15) is 5.56 Å². The smallest absolute Gasteiger partial charge is 0.246 e. The van der Waals surface area contributed by atoms with Crippen LogP contribution in [-0.2, 0) is 21.0 Å². The number of hydrogen-bond acceptors (Lipinski definition) is 4. The number of benzene rings is 1. The molecule has 1 aromatic rings. The van der Waals surface area contributed by atoms with E-state index in [1.54, 1.807) is 12.1 Å². The predicted octanol–water partition coefficient (Wildman–Crippen LogP) is -0.460. The Hall–Kier alpha value is -1.92. The Bertz CT molecular complexity index is 430. The lowest BCUT2D eigenvalue weighted by molar-refractivity contribution is -0.128. The molecule has 1 aliphatic rings. The molecule has 0 atom stereocenters. The summed E-state index contributed by atoms with van der Waals surface area (Å²) in [5.74, 6) is 4.69. The molecule has 0 bridgehead atoms. The number of carbonyl (C=O) groups is 2. The van der Waals surface area contributed by atoms with Gasteiger partial charge in [-0.1, -0.05) is 12.1 Å². The van der Waals surface area contributed by atoms with Crippen molar-refractivity contribution in [1.82, 2.24) is 5.32 Å². The monoisotopic (exact) mass is 235 g/mol. The SMILES string of the molecule is NOCc1ccc(N2CC(=O)NCC2=O)cc1. The number of nitrogens with zero attached hydrogens (tertiary/aromatic N) is 1. The lowest BCUT2D eigenvalue weighted by atomic mass is 10.2. The summed E-state index contributed by atoms with van der Waals surface area (Å²) in [5.41, 5.74) is 1.61. The van der Waals surface area contributed by atoms with E-state index in [0.717, 1.165) is 5.56 Å². The third-order valence-corrected chi connectivity index (χ3v) is 2.54. The Morgan fingerprint density at radius 2 is 2.00 bits per heavy atom. The highest BCUT2D eigenvalue weighted by Gasteiger charge is 2.24. The van der Waals surface area contributed by atoms with Crippen LogP contribution in [0.2, 0.25) is 0 Å². The highest BCUT2D eigenvalue weighted by Crippen LogP contribution is 2.16. The van der Waals surface area contributed by atoms with Crippen molar-refractivity contribution in [2.45, 2.75) is 6.61 Å². The second-order valence-corrected chi connectivity index (χ2v) is 3.73. The lowest BCUT2D eigenvalue weighted by Crippen LogP contribution is -2.51. The van der Waals surface area contributed by atoms with Crippen LogP contribution in [0.4, 0.5) is 5.69 Å². The normalized spacial score (nSPS) is 15.9. The number of anilines is 1. The third kappa shape index (κ3) is 2.61. The van der Waals surface area contributed by atoms with E-state index >= 15 is 0 Å². The molecule has 90 valence electrons. The van der Waals surface area contributed by atoms with E-state index in [1.165, 1.54) is 4.90 Å². The molecule has 2 amide bonds. The molecule has 1 aliphatic heterocycles. The zero-order valence-corrected chi connectivity index (χ0v) is 9.18. The van der Waals surface area contributed by atoms with Gasteiger partial charge in [-0.3, -0.25) is 14.4 Å². The Morgan fingerprint density at radius 1 is 1.29 bits per heavy atom. The molecular weight excluding hydrogens is 222 g/mol. The molecule has 3 N–H and O–H groups in total. The zero-order valence-electron chi connectivity index (χ0n) is 9.18. The van der Waals surface area contributed by atoms with E-state index in [9.17, 15) is 9.59 Å². The van der Waals surface area contributed by atoms with Gasteiger partial charge in [0.2, 0.25) is 11.8 Å². The number of rotatable bonds is 3. The minimum absolute atomic E-state index is 0.0481. The van der Waals surface area contributed by atoms with Crippen LogP contribution < -0.4 is 16.1 Å². The second-order valence-electron chi connectivity index (χ2n) is 3.73. The quantitative estimate of drug-likeness (QED) is 0.694. The minimum Gasteiger partial charge on any atom is -0.345 e. The van der Waals surface area contributed by atoms with Crippen molar-refractivity contribution in [3.63, 3.8) is 0 Å². The van der Waals surface area contributed by atoms with Gasteiger partial charge in [0.25, 0.3) is 0 Å². The third-order valence-electron chi connectivity index (χ3n) is 2.54. The van der Waals surface area contributed by atoms with Gasteiger partial charge in [0.15, 0.2) is 0 Å². The Labute approximate surface area is 98.3 Å². The zero-order chi connectivity index (χ0) is 12.3. The van der Waals surface area contributed by atoms with Crippen LogP contribution in [0.3, 0.4) is 0 Å². The summed E-state index contributed by atoms with van der Waals surface area (Å²) in [6.45, 7) is 0.423. The first kappa shape index (κ1) is 11.6. The van der Waals surface area contributed by atoms with Crippen molar-refractivity contribution in [2.24, 2.45) is 5.90 Å². The Kier molecular flexibility index (Phi) is 3.36. The maximum absolute atomic E-state index is 11.6. The van der Waals surface area contributed by atoms with Gasteiger partial charge in [0.05, 0.1) is 13.2 Å². The van der Waals surface area contributed by atoms with Gasteiger partial charge in [-0.2, -0.15) is 0 Å². The average molecular weight is 235 g/mol. The van der Waals surface area contributed by atoms with Crippen LogP contribution >= 0.6 is 0 Å². The molecular formula is C11H13N3O3. The topological polar surface area (TPSA) is 84.7 Å². The van der Waals surface area contributed by atoms with E-state index in [-0.39, 0.29) is 24.9 Å². The number of hydrogen-bond donors (Lipinski definition) is 2. The fraction of sp³-hybridized carbons (Fsp3) is 0.273. The summed E-state index contributed by atoms with van der Waals surface area (Å²) >= 11 is 0. The van der Waals surface area contributed by atoms with Crippen LogP contribution in [0.15, 0.2) is 24.3 Å². The summed E-state index contributed by atoms with van der Waals surface area (Å²) in [4.78, 5) is 28.8. The van der Waals surface area contributed by atoms with Crippen LogP contribution in [0.5, 0.6) is 0 Å². The fourth-order valence-electron chi connectivity index (χ4n) is 1.66. The number of nitrogens with two attached hydrogens (primary N) is 1. The first-order valence-electron chi connectivity index (χ1n) is 5.18. The van der Waals surface area contributed by atoms with Gasteiger partial charge in [-0.15, -0.1) is 0 Å². The lowest BCUT2D eigenvalue weighted by Gasteiger charge is -2.26. The molecule has 2 rings (SSSR count). The number of amides is 2. The summed E-state index contributed by atoms with van der Waals surface area (Å²) in [7, 11) is 0. The van der Waals surface area contributed by atoms with E-state index in [1.807, 2.05) is 12.1 Å². The van der Waals surface area contributed by atoms with Crippen molar-refractivity contribution < 1.29 is 14.4 Å². The van der Waals surface area contributed by atoms with E-state index in [4.69, 9.17) is 5.90 Å². The standard InChI is InChI=1S/C11H13N3O3/c12-17-7-8-1-3-9(4-2-8)14-6-10(15)13-5-11(14)16/h1-4H,5-7,12H2,(H,13,15). The first-order valence-corrected chi connectivity index (χ1v) is 5.18. The van der Waals surface area contributed by atoms with Crippen LogP contribution in [-0.4, -0.2) is 24.9 Å². The van der Waals surface area contributed by atoms with Gasteiger partial charge in [0, 0.05) is 5.69 Å². The van der Waals surface area contributed by atoms with E-state index in [2.05, 4.69) is 10.2 Å². The van der Waals surface area contributed by atoms with Gasteiger partial charge in [-0.25, -0.2) is 5.90 Å². The molecule has 0 unspecified atom stereocenters. The van der Waals surface area contributed by atoms with Crippen LogP contribution in [0.25, 0.3) is 0 Å². The average Bonchev–Trinajstić information content (AvgIpc) is 2.34. The molecule has 1 heterocycles. The van der Waals surface area contributed by atoms with Gasteiger partial charge in [0.1, 0.15) is 6.54 Å². The van der Waals surface area contributed by atoms with Gasteiger partial charge in [-0.05, 0) is 17.7 Å². The first-order chi connectivity index (χ1) is 8.20. The number of piperazine rings is 1. The molecule has 1 fully saturated rings. The summed E-state index contributed by atoms with van der Waals surface area (Å²) in [5, 5.41) is 2.50. The van der Waals surface area contributed by atoms with Crippen LogP contribution in [0, 0.1) is 0 Å². The van der Waals surface area contributed by atoms with E-state index < -0.39 is 0 Å². The molecule has 1 saturated heterocycles. The van der Waals surface area contributed by atoms with Crippen molar-refractivity contribution in [3.8, 4) is 0 Å². The highest BCUT2D eigenvalue weighted by atomic mass is 16.6.